The van der Waals surface area contributed by atoms with Gasteiger partial charge in [-0.1, -0.05) is 22.0 Å². The molecule has 0 bridgehead atoms. The fraction of sp³-hybridized carbons (Fsp3) is 0.182. The summed E-state index contributed by atoms with van der Waals surface area (Å²) < 4.78 is 7.85. The monoisotopic (exact) mass is 518 g/mol. The number of hydrogen-bond donors (Lipinski definition) is 1. The number of aryl methyl sites for hydroxylation is 2. The summed E-state index contributed by atoms with van der Waals surface area (Å²) in [6, 6.07) is 16.6. The van der Waals surface area contributed by atoms with E-state index in [4.69, 9.17) is 4.74 Å². The van der Waals surface area contributed by atoms with Crippen LogP contribution < -0.4 is 10.1 Å². The van der Waals surface area contributed by atoms with Crippen LogP contribution in [0.3, 0.4) is 0 Å². The normalized spacial score (nSPS) is 10.6. The zero-order valence-electron chi connectivity index (χ0n) is 16.0. The van der Waals surface area contributed by atoms with Crippen molar-refractivity contribution in [1.29, 1.82) is 0 Å². The minimum atomic E-state index is -0.410. The number of nitrogens with zero attached hydrogens (tertiary/aromatic N) is 1. The molecule has 0 aliphatic heterocycles. The SMILES string of the molecule is Cc1ccc(NCc2cc(Br)cc(Br)c2OCc2ccc([N+](=O)[O-])cc2)cc1C. The van der Waals surface area contributed by atoms with E-state index in [1.165, 1.54) is 23.3 Å². The van der Waals surface area contributed by atoms with E-state index >= 15 is 0 Å². The summed E-state index contributed by atoms with van der Waals surface area (Å²) in [7, 11) is 0. The Labute approximate surface area is 186 Å². The summed E-state index contributed by atoms with van der Waals surface area (Å²) >= 11 is 7.11. The number of nitro benzene ring substituents is 1. The Hall–Kier alpha value is -2.38. The number of nitrogens with one attached hydrogen (secondary N) is 1. The van der Waals surface area contributed by atoms with Gasteiger partial charge in [0.15, 0.2) is 0 Å². The summed E-state index contributed by atoms with van der Waals surface area (Å²) in [4.78, 5) is 10.4. The van der Waals surface area contributed by atoms with Crippen molar-refractivity contribution in [2.45, 2.75) is 27.0 Å². The first-order valence-electron chi connectivity index (χ1n) is 8.98. The molecule has 0 aliphatic rings. The lowest BCUT2D eigenvalue weighted by Crippen LogP contribution is -2.05. The Kier molecular flexibility index (Phi) is 6.92. The molecule has 0 unspecified atom stereocenters. The molecule has 5 nitrogen and oxygen atoms in total. The Morgan fingerprint density at radius 2 is 1.72 bits per heavy atom. The van der Waals surface area contributed by atoms with Crippen LogP contribution in [0.4, 0.5) is 11.4 Å². The lowest BCUT2D eigenvalue weighted by molar-refractivity contribution is -0.384. The van der Waals surface area contributed by atoms with Gasteiger partial charge in [-0.15, -0.1) is 0 Å². The van der Waals surface area contributed by atoms with E-state index in [0.29, 0.717) is 13.2 Å². The quantitative estimate of drug-likeness (QED) is 0.271. The second kappa shape index (κ2) is 9.41. The zero-order chi connectivity index (χ0) is 21.0. The van der Waals surface area contributed by atoms with Crippen LogP contribution in [0.5, 0.6) is 5.75 Å². The molecule has 0 saturated heterocycles. The summed E-state index contributed by atoms with van der Waals surface area (Å²) in [5.74, 6) is 0.739. The van der Waals surface area contributed by atoms with Gasteiger partial charge >= 0.3 is 0 Å². The third-order valence-electron chi connectivity index (χ3n) is 4.61. The topological polar surface area (TPSA) is 64.4 Å². The van der Waals surface area contributed by atoms with Crippen molar-refractivity contribution in [3.8, 4) is 5.75 Å². The smallest absolute Gasteiger partial charge is 0.269 e. The summed E-state index contributed by atoms with van der Waals surface area (Å²) in [5.41, 5.74) is 5.46. The van der Waals surface area contributed by atoms with Crippen LogP contribution in [-0.2, 0) is 13.2 Å². The predicted octanol–water partition coefficient (Wildman–Crippen LogP) is 6.93. The lowest BCUT2D eigenvalue weighted by Gasteiger charge is -2.16. The molecule has 3 rings (SSSR count). The fourth-order valence-electron chi connectivity index (χ4n) is 2.82. The highest BCUT2D eigenvalue weighted by Gasteiger charge is 2.12. The number of benzene rings is 3. The van der Waals surface area contributed by atoms with Crippen molar-refractivity contribution in [3.63, 3.8) is 0 Å². The van der Waals surface area contributed by atoms with Gasteiger partial charge in [-0.2, -0.15) is 0 Å². The highest BCUT2D eigenvalue weighted by molar-refractivity contribution is 9.11. The third kappa shape index (κ3) is 5.58. The number of non-ortho nitro benzene ring substituents is 1. The number of nitro groups is 1. The number of hydrogen-bond acceptors (Lipinski definition) is 4. The highest BCUT2D eigenvalue weighted by Crippen LogP contribution is 2.34. The number of ether oxygens (including phenoxy) is 1. The van der Waals surface area contributed by atoms with Gasteiger partial charge in [0.25, 0.3) is 5.69 Å². The summed E-state index contributed by atoms with van der Waals surface area (Å²) in [6.07, 6.45) is 0. The minimum Gasteiger partial charge on any atom is -0.487 e. The molecule has 1 N–H and O–H groups in total. The summed E-state index contributed by atoms with van der Waals surface area (Å²) in [6.45, 7) is 5.09. The van der Waals surface area contributed by atoms with Gasteiger partial charge in [-0.05, 0) is 82.9 Å². The van der Waals surface area contributed by atoms with E-state index in [2.05, 4.69) is 69.2 Å². The third-order valence-corrected chi connectivity index (χ3v) is 5.65. The van der Waals surface area contributed by atoms with E-state index in [1.807, 2.05) is 12.1 Å². The van der Waals surface area contributed by atoms with Crippen molar-refractivity contribution < 1.29 is 9.66 Å². The Bertz CT molecular complexity index is 1040. The first-order chi connectivity index (χ1) is 13.8. The second-order valence-electron chi connectivity index (χ2n) is 6.74. The van der Waals surface area contributed by atoms with E-state index in [9.17, 15) is 10.1 Å². The van der Waals surface area contributed by atoms with Gasteiger partial charge in [0.2, 0.25) is 0 Å². The summed E-state index contributed by atoms with van der Waals surface area (Å²) in [5, 5.41) is 14.2. The van der Waals surface area contributed by atoms with Crippen molar-refractivity contribution in [2.75, 3.05) is 5.32 Å². The molecule has 7 heteroatoms. The fourth-order valence-corrected chi connectivity index (χ4v) is 4.25. The van der Waals surface area contributed by atoms with Crippen LogP contribution in [0.1, 0.15) is 22.3 Å². The molecule has 3 aromatic rings. The largest absolute Gasteiger partial charge is 0.487 e. The van der Waals surface area contributed by atoms with E-state index in [0.717, 1.165) is 31.5 Å². The van der Waals surface area contributed by atoms with Gasteiger partial charge in [0.05, 0.1) is 9.40 Å². The molecule has 0 fully saturated rings. The van der Waals surface area contributed by atoms with Gasteiger partial charge in [0, 0.05) is 34.4 Å². The Balaban J connectivity index is 1.75. The molecular weight excluding hydrogens is 500 g/mol. The van der Waals surface area contributed by atoms with Gasteiger partial charge < -0.3 is 10.1 Å². The highest BCUT2D eigenvalue weighted by atomic mass is 79.9. The molecule has 0 radical (unpaired) electrons. The van der Waals surface area contributed by atoms with Crippen LogP contribution >= 0.6 is 31.9 Å². The average Bonchev–Trinajstić information content (AvgIpc) is 2.68. The predicted molar refractivity (Wildman–Crippen MR) is 123 cm³/mol. The maximum atomic E-state index is 10.8. The van der Waals surface area contributed by atoms with Gasteiger partial charge in [-0.3, -0.25) is 10.1 Å². The van der Waals surface area contributed by atoms with Crippen molar-refractivity contribution in [1.82, 2.24) is 0 Å². The van der Waals surface area contributed by atoms with Crippen LogP contribution in [0.2, 0.25) is 0 Å². The van der Waals surface area contributed by atoms with Crippen LogP contribution in [0.25, 0.3) is 0 Å². The van der Waals surface area contributed by atoms with Crippen LogP contribution in [0.15, 0.2) is 63.5 Å². The average molecular weight is 520 g/mol. The Morgan fingerprint density at radius 3 is 2.38 bits per heavy atom. The second-order valence-corrected chi connectivity index (χ2v) is 8.51. The van der Waals surface area contributed by atoms with Crippen molar-refractivity contribution >= 4 is 43.2 Å². The van der Waals surface area contributed by atoms with E-state index < -0.39 is 4.92 Å². The molecule has 0 saturated carbocycles. The van der Waals surface area contributed by atoms with Crippen molar-refractivity contribution in [2.24, 2.45) is 0 Å². The van der Waals surface area contributed by atoms with Crippen LogP contribution in [0, 0.1) is 24.0 Å². The van der Waals surface area contributed by atoms with Crippen molar-refractivity contribution in [3.05, 3.63) is 95.9 Å². The van der Waals surface area contributed by atoms with Crippen LogP contribution in [-0.4, -0.2) is 4.92 Å². The Morgan fingerprint density at radius 1 is 1.00 bits per heavy atom. The van der Waals surface area contributed by atoms with E-state index in [1.54, 1.807) is 12.1 Å². The molecule has 0 spiro atoms. The maximum Gasteiger partial charge on any atom is 0.269 e. The molecular formula is C22H20Br2N2O3. The maximum absolute atomic E-state index is 10.8. The number of halogens is 2. The molecule has 0 aliphatic carbocycles. The molecule has 0 amide bonds. The zero-order valence-corrected chi connectivity index (χ0v) is 19.2. The molecule has 150 valence electrons. The lowest BCUT2D eigenvalue weighted by atomic mass is 10.1. The molecule has 0 atom stereocenters. The number of anilines is 1. The molecule has 29 heavy (non-hydrogen) atoms. The molecule has 0 aromatic heterocycles. The minimum absolute atomic E-state index is 0.0665. The molecule has 0 heterocycles. The van der Waals surface area contributed by atoms with E-state index in [-0.39, 0.29) is 5.69 Å². The van der Waals surface area contributed by atoms with Gasteiger partial charge in [-0.25, -0.2) is 0 Å². The number of rotatable bonds is 7. The standard InChI is InChI=1S/C22H20Br2N2O3/c1-14-3-6-19(9-15(14)2)25-12-17-10-18(23)11-21(24)22(17)29-13-16-4-7-20(8-5-16)26(27)28/h3-11,25H,12-13H2,1-2H3. The first-order valence-corrected chi connectivity index (χ1v) is 10.6. The first kappa shape index (κ1) is 21.3. The molecule has 3 aromatic carbocycles. The van der Waals surface area contributed by atoms with Gasteiger partial charge in [0.1, 0.15) is 12.4 Å².